The van der Waals surface area contributed by atoms with Crippen LogP contribution in [0.3, 0.4) is 0 Å². The van der Waals surface area contributed by atoms with Gasteiger partial charge in [0.25, 0.3) is 0 Å². The number of hydrogen-bond donors (Lipinski definition) is 1. The highest BCUT2D eigenvalue weighted by atomic mass is 79.9. The third-order valence-corrected chi connectivity index (χ3v) is 3.02. The summed E-state index contributed by atoms with van der Waals surface area (Å²) < 4.78 is 0.969. The molecule has 1 aliphatic heterocycles. The van der Waals surface area contributed by atoms with Gasteiger partial charge in [-0.1, -0.05) is 33.2 Å². The van der Waals surface area contributed by atoms with Crippen LogP contribution < -0.4 is 0 Å². The predicted octanol–water partition coefficient (Wildman–Crippen LogP) is 2.42. The molecule has 2 rings (SSSR count). The summed E-state index contributed by atoms with van der Waals surface area (Å²) in [6.07, 6.45) is 0.282. The Morgan fingerprint density at radius 2 is 2.12 bits per heavy atom. The first-order valence-corrected chi connectivity index (χ1v) is 5.55. The molecule has 0 radical (unpaired) electrons. The Hall–Kier alpha value is -1.36. The molecule has 0 unspecified atom stereocenters. The summed E-state index contributed by atoms with van der Waals surface area (Å²) in [6.45, 7) is 1.52. The number of oxime groups is 1. The highest BCUT2D eigenvalue weighted by molar-refractivity contribution is 9.10. The van der Waals surface area contributed by atoms with Crippen LogP contribution in [0.1, 0.15) is 18.9 Å². The molecule has 1 heterocycles. The molecule has 1 aliphatic rings. The maximum absolute atomic E-state index is 10.9. The van der Waals surface area contributed by atoms with E-state index < -0.39 is 11.6 Å². The Bertz CT molecular complexity index is 455. The highest BCUT2D eigenvalue weighted by Crippen LogP contribution is 2.27. The minimum Gasteiger partial charge on any atom is -0.478 e. The Labute approximate surface area is 101 Å². The van der Waals surface area contributed by atoms with Crippen LogP contribution in [0.25, 0.3) is 0 Å². The third-order valence-electron chi connectivity index (χ3n) is 2.49. The van der Waals surface area contributed by atoms with Gasteiger partial charge in [-0.15, -0.1) is 0 Å². The third kappa shape index (κ3) is 1.95. The number of rotatable bonds is 2. The summed E-state index contributed by atoms with van der Waals surface area (Å²) in [5.41, 5.74) is 0.313. The lowest BCUT2D eigenvalue weighted by molar-refractivity contribution is -0.160. The van der Waals surface area contributed by atoms with Crippen molar-refractivity contribution in [2.24, 2.45) is 5.16 Å². The molecule has 0 spiro atoms. The number of nitrogens with zero attached hydrogens (tertiary/aromatic N) is 1. The van der Waals surface area contributed by atoms with Crippen molar-refractivity contribution in [1.29, 1.82) is 0 Å². The fourth-order valence-electron chi connectivity index (χ4n) is 1.45. The zero-order chi connectivity index (χ0) is 11.8. The Kier molecular flexibility index (Phi) is 2.71. The summed E-state index contributed by atoms with van der Waals surface area (Å²) in [4.78, 5) is 15.9. The number of carboxylic acids is 1. The fraction of sp³-hybridized carbons (Fsp3) is 0.273. The van der Waals surface area contributed by atoms with E-state index in [0.29, 0.717) is 5.71 Å². The van der Waals surface area contributed by atoms with Gasteiger partial charge in [-0.3, -0.25) is 0 Å². The highest BCUT2D eigenvalue weighted by Gasteiger charge is 2.42. The lowest BCUT2D eigenvalue weighted by Crippen LogP contribution is -2.35. The normalized spacial score (nSPS) is 23.8. The molecule has 0 amide bonds. The molecule has 1 aromatic carbocycles. The smallest absolute Gasteiger partial charge is 0.351 e. The molecule has 84 valence electrons. The molecule has 1 atom stereocenters. The van der Waals surface area contributed by atoms with Gasteiger partial charge in [-0.05, 0) is 24.6 Å². The molecule has 0 fully saturated rings. The van der Waals surface area contributed by atoms with Crippen molar-refractivity contribution in [2.75, 3.05) is 0 Å². The fourth-order valence-corrected chi connectivity index (χ4v) is 1.72. The summed E-state index contributed by atoms with van der Waals surface area (Å²) in [5.74, 6) is -0.997. The number of halogens is 1. The summed E-state index contributed by atoms with van der Waals surface area (Å²) >= 11 is 3.33. The molecule has 4 nitrogen and oxygen atoms in total. The quantitative estimate of drug-likeness (QED) is 0.907. The van der Waals surface area contributed by atoms with Crippen LogP contribution in [0.2, 0.25) is 0 Å². The molecular formula is C11H10BrNO3. The van der Waals surface area contributed by atoms with Crippen LogP contribution in [-0.2, 0) is 9.63 Å². The van der Waals surface area contributed by atoms with Crippen molar-refractivity contribution in [3.8, 4) is 0 Å². The lowest BCUT2D eigenvalue weighted by atomic mass is 9.96. The predicted molar refractivity (Wildman–Crippen MR) is 62.4 cm³/mol. The van der Waals surface area contributed by atoms with E-state index in [1.54, 1.807) is 0 Å². The molecule has 0 saturated carbocycles. The molecule has 16 heavy (non-hydrogen) atoms. The van der Waals surface area contributed by atoms with Gasteiger partial charge in [0.05, 0.1) is 5.71 Å². The van der Waals surface area contributed by atoms with Gasteiger partial charge in [-0.25, -0.2) is 4.79 Å². The monoisotopic (exact) mass is 283 g/mol. The zero-order valence-corrected chi connectivity index (χ0v) is 10.2. The molecule has 1 N–H and O–H groups in total. The van der Waals surface area contributed by atoms with Crippen LogP contribution in [0, 0.1) is 0 Å². The maximum Gasteiger partial charge on any atom is 0.351 e. The van der Waals surface area contributed by atoms with Crippen LogP contribution in [0.15, 0.2) is 33.9 Å². The van der Waals surface area contributed by atoms with Crippen LogP contribution in [-0.4, -0.2) is 22.4 Å². The number of hydrogen-bond acceptors (Lipinski definition) is 3. The SMILES string of the molecule is C[C@]1(C(=O)O)CC(c2ccc(Br)cc2)=NO1. The van der Waals surface area contributed by atoms with Crippen LogP contribution in [0.5, 0.6) is 0 Å². The number of carboxylic acid groups (broad SMARTS) is 1. The first-order chi connectivity index (χ1) is 7.51. The van der Waals surface area contributed by atoms with E-state index in [-0.39, 0.29) is 6.42 Å². The first kappa shape index (κ1) is 11.1. The largest absolute Gasteiger partial charge is 0.478 e. The Morgan fingerprint density at radius 3 is 2.62 bits per heavy atom. The van der Waals surface area contributed by atoms with E-state index >= 15 is 0 Å². The number of aliphatic carboxylic acids is 1. The average molecular weight is 284 g/mol. The second-order valence-corrected chi connectivity index (χ2v) is 4.76. The molecule has 5 heteroatoms. The zero-order valence-electron chi connectivity index (χ0n) is 8.61. The lowest BCUT2D eigenvalue weighted by Gasteiger charge is -2.14. The van der Waals surface area contributed by atoms with Crippen molar-refractivity contribution in [1.82, 2.24) is 0 Å². The summed E-state index contributed by atoms with van der Waals surface area (Å²) in [6, 6.07) is 7.52. The van der Waals surface area contributed by atoms with E-state index in [1.807, 2.05) is 24.3 Å². The van der Waals surface area contributed by atoms with Crippen molar-refractivity contribution in [3.05, 3.63) is 34.3 Å². The molecule has 0 aromatic heterocycles. The van der Waals surface area contributed by atoms with E-state index in [1.165, 1.54) is 6.92 Å². The van der Waals surface area contributed by atoms with Gasteiger partial charge in [0.2, 0.25) is 5.60 Å². The van der Waals surface area contributed by atoms with Gasteiger partial charge in [0.1, 0.15) is 0 Å². The van der Waals surface area contributed by atoms with Crippen molar-refractivity contribution in [3.63, 3.8) is 0 Å². The van der Waals surface area contributed by atoms with Crippen molar-refractivity contribution < 1.29 is 14.7 Å². The van der Waals surface area contributed by atoms with E-state index in [2.05, 4.69) is 21.1 Å². The first-order valence-electron chi connectivity index (χ1n) is 4.76. The van der Waals surface area contributed by atoms with Gasteiger partial charge in [0, 0.05) is 10.9 Å². The van der Waals surface area contributed by atoms with Crippen molar-refractivity contribution in [2.45, 2.75) is 18.9 Å². The molecule has 0 bridgehead atoms. The van der Waals surface area contributed by atoms with Crippen molar-refractivity contribution >= 4 is 27.6 Å². The standard InChI is InChI=1S/C11H10BrNO3/c1-11(10(14)15)6-9(13-16-11)7-2-4-8(12)5-3-7/h2-5H,6H2,1H3,(H,14,15)/t11-/m1/s1. The minimum absolute atomic E-state index is 0.282. The molecule has 1 aromatic rings. The van der Waals surface area contributed by atoms with E-state index in [9.17, 15) is 4.79 Å². The maximum atomic E-state index is 10.9. The molecule has 0 saturated heterocycles. The minimum atomic E-state index is -1.23. The van der Waals surface area contributed by atoms with E-state index in [4.69, 9.17) is 9.94 Å². The van der Waals surface area contributed by atoms with Gasteiger partial charge in [-0.2, -0.15) is 0 Å². The van der Waals surface area contributed by atoms with Crippen LogP contribution >= 0.6 is 15.9 Å². The average Bonchev–Trinajstić information content (AvgIpc) is 2.63. The van der Waals surface area contributed by atoms with Crippen LogP contribution in [0.4, 0.5) is 0 Å². The Morgan fingerprint density at radius 1 is 1.50 bits per heavy atom. The van der Waals surface area contributed by atoms with Gasteiger partial charge >= 0.3 is 5.97 Å². The van der Waals surface area contributed by atoms with Gasteiger partial charge in [0.15, 0.2) is 0 Å². The second-order valence-electron chi connectivity index (χ2n) is 3.85. The summed E-state index contributed by atoms with van der Waals surface area (Å²) in [7, 11) is 0. The molecular weight excluding hydrogens is 274 g/mol. The second kappa shape index (κ2) is 3.90. The summed E-state index contributed by atoms with van der Waals surface area (Å²) in [5, 5.41) is 12.8. The molecule has 0 aliphatic carbocycles. The Balaban J connectivity index is 2.20. The van der Waals surface area contributed by atoms with Gasteiger partial charge < -0.3 is 9.94 Å². The number of carbonyl (C=O) groups is 1. The van der Waals surface area contributed by atoms with E-state index in [0.717, 1.165) is 10.0 Å². The number of benzene rings is 1. The topological polar surface area (TPSA) is 58.9 Å².